The van der Waals surface area contributed by atoms with Crippen molar-refractivity contribution in [1.29, 1.82) is 0 Å². The molecule has 0 spiro atoms. The lowest BCUT2D eigenvalue weighted by Crippen LogP contribution is -2.20. The molecule has 0 aliphatic rings. The molecular weight excluding hydrogens is 644 g/mol. The van der Waals surface area contributed by atoms with Crippen LogP contribution < -0.4 is 15.0 Å². The Bertz CT molecular complexity index is 2300. The highest BCUT2D eigenvalue weighted by atomic mass is 79.9. The fourth-order valence-electron chi connectivity index (χ4n) is 5.59. The number of fused-ring (bicyclic) bond motifs is 2. The van der Waals surface area contributed by atoms with Crippen LogP contribution in [0.3, 0.4) is 0 Å². The molecule has 8 nitrogen and oxygen atoms in total. The summed E-state index contributed by atoms with van der Waals surface area (Å²) in [6.07, 6.45) is 1.69. The van der Waals surface area contributed by atoms with Crippen molar-refractivity contribution in [3.8, 4) is 28.8 Å². The van der Waals surface area contributed by atoms with Gasteiger partial charge >= 0.3 is 0 Å². The molecular formula is C37H29BrN4O4. The molecule has 228 valence electrons. The van der Waals surface area contributed by atoms with Crippen molar-refractivity contribution in [2.45, 2.75) is 20.5 Å². The summed E-state index contributed by atoms with van der Waals surface area (Å²) in [6.45, 7) is 4.56. The maximum absolute atomic E-state index is 13.8. The van der Waals surface area contributed by atoms with E-state index >= 15 is 0 Å². The molecule has 4 aromatic carbocycles. The number of benzene rings is 4. The second-order valence-corrected chi connectivity index (χ2v) is 11.8. The molecule has 0 atom stereocenters. The Kier molecular flexibility index (Phi) is 7.76. The predicted molar refractivity (Wildman–Crippen MR) is 184 cm³/mol. The van der Waals surface area contributed by atoms with Crippen LogP contribution in [-0.2, 0) is 6.61 Å². The molecule has 0 saturated heterocycles. The molecule has 7 rings (SSSR count). The molecule has 0 aliphatic carbocycles. The SMILES string of the molecule is COc1cccc2oc(-c3nc4ccccc4c(=O)n3N=Cc3cc(C)n(-c4ccc(OCc5ccc(Br)cc5)cc4)c3C)cc12. The van der Waals surface area contributed by atoms with E-state index in [-0.39, 0.29) is 5.56 Å². The van der Waals surface area contributed by atoms with E-state index < -0.39 is 0 Å². The Morgan fingerprint density at radius 1 is 0.913 bits per heavy atom. The van der Waals surface area contributed by atoms with Crippen LogP contribution in [0.4, 0.5) is 0 Å². The Morgan fingerprint density at radius 2 is 1.70 bits per heavy atom. The molecule has 7 aromatic rings. The van der Waals surface area contributed by atoms with Gasteiger partial charge in [-0.1, -0.05) is 46.3 Å². The van der Waals surface area contributed by atoms with Crippen molar-refractivity contribution in [2.24, 2.45) is 5.10 Å². The quantitative estimate of drug-likeness (QED) is 0.151. The Labute approximate surface area is 273 Å². The van der Waals surface area contributed by atoms with E-state index in [1.54, 1.807) is 19.4 Å². The molecule has 0 N–H and O–H groups in total. The van der Waals surface area contributed by atoms with Crippen LogP contribution in [-0.4, -0.2) is 27.6 Å². The minimum Gasteiger partial charge on any atom is -0.496 e. The number of furan rings is 1. The number of hydrogen-bond donors (Lipinski definition) is 0. The number of nitrogens with zero attached hydrogens (tertiary/aromatic N) is 4. The van der Waals surface area contributed by atoms with Gasteiger partial charge < -0.3 is 18.5 Å². The molecule has 0 fully saturated rings. The molecule has 46 heavy (non-hydrogen) atoms. The predicted octanol–water partition coefficient (Wildman–Crippen LogP) is 8.45. The van der Waals surface area contributed by atoms with Gasteiger partial charge in [-0.25, -0.2) is 4.98 Å². The molecule has 0 radical (unpaired) electrons. The van der Waals surface area contributed by atoms with Crippen molar-refractivity contribution in [2.75, 3.05) is 7.11 Å². The average Bonchev–Trinajstić information content (AvgIpc) is 3.64. The summed E-state index contributed by atoms with van der Waals surface area (Å²) in [5.74, 6) is 2.16. The Balaban J connectivity index is 1.22. The number of halogens is 1. The van der Waals surface area contributed by atoms with Gasteiger partial charge in [-0.2, -0.15) is 9.78 Å². The molecule has 3 heterocycles. The van der Waals surface area contributed by atoms with E-state index in [1.165, 1.54) is 4.68 Å². The topological polar surface area (TPSA) is 83.8 Å². The maximum atomic E-state index is 13.8. The lowest BCUT2D eigenvalue weighted by atomic mass is 10.2. The van der Waals surface area contributed by atoms with Gasteiger partial charge in [-0.3, -0.25) is 4.79 Å². The summed E-state index contributed by atoms with van der Waals surface area (Å²) in [4.78, 5) is 18.6. The number of para-hydroxylation sites is 1. The summed E-state index contributed by atoms with van der Waals surface area (Å²) < 4.78 is 22.2. The molecule has 0 unspecified atom stereocenters. The van der Waals surface area contributed by atoms with Crippen LogP contribution in [0.5, 0.6) is 11.5 Å². The minimum absolute atomic E-state index is 0.295. The molecule has 0 bridgehead atoms. The Morgan fingerprint density at radius 3 is 2.48 bits per heavy atom. The van der Waals surface area contributed by atoms with Gasteiger partial charge in [-0.05, 0) is 92.2 Å². The van der Waals surface area contributed by atoms with Crippen molar-refractivity contribution in [3.63, 3.8) is 0 Å². The zero-order valence-electron chi connectivity index (χ0n) is 25.4. The smallest absolute Gasteiger partial charge is 0.282 e. The summed E-state index contributed by atoms with van der Waals surface area (Å²) in [5.41, 5.74) is 5.84. The fraction of sp³-hybridized carbons (Fsp3) is 0.108. The molecule has 0 saturated carbocycles. The number of rotatable bonds is 8. The normalized spacial score (nSPS) is 11.6. The second-order valence-electron chi connectivity index (χ2n) is 10.9. The van der Waals surface area contributed by atoms with Crippen molar-refractivity contribution in [3.05, 3.63) is 140 Å². The highest BCUT2D eigenvalue weighted by molar-refractivity contribution is 9.10. The molecule has 0 amide bonds. The number of aromatic nitrogens is 3. The largest absolute Gasteiger partial charge is 0.496 e. The summed E-state index contributed by atoms with van der Waals surface area (Å²) in [7, 11) is 1.61. The first-order valence-corrected chi connectivity index (χ1v) is 15.5. The van der Waals surface area contributed by atoms with E-state index in [9.17, 15) is 4.79 Å². The third-order valence-electron chi connectivity index (χ3n) is 7.91. The molecule has 9 heteroatoms. The van der Waals surface area contributed by atoms with Crippen LogP contribution in [0.25, 0.3) is 39.1 Å². The monoisotopic (exact) mass is 672 g/mol. The van der Waals surface area contributed by atoms with Gasteiger partial charge in [-0.15, -0.1) is 0 Å². The second kappa shape index (κ2) is 12.2. The zero-order chi connectivity index (χ0) is 31.8. The Hall–Kier alpha value is -5.41. The van der Waals surface area contributed by atoms with Gasteiger partial charge in [0.2, 0.25) is 5.82 Å². The molecule has 0 aliphatic heterocycles. The summed E-state index contributed by atoms with van der Waals surface area (Å²) in [5, 5.41) is 5.93. The lowest BCUT2D eigenvalue weighted by molar-refractivity contribution is 0.306. The van der Waals surface area contributed by atoms with Gasteiger partial charge in [0.05, 0.1) is 29.6 Å². The number of aryl methyl sites for hydroxylation is 1. The maximum Gasteiger partial charge on any atom is 0.282 e. The first kappa shape index (κ1) is 29.3. The van der Waals surface area contributed by atoms with Gasteiger partial charge in [0.15, 0.2) is 5.76 Å². The van der Waals surface area contributed by atoms with Crippen LogP contribution in [0.1, 0.15) is 22.5 Å². The standard InChI is InChI=1S/C37H29BrN4O4/c1-23-19-26(24(2)41(23)28-15-17-29(18-16-28)45-22-25-11-13-27(38)14-12-25)21-39-42-36(40-32-8-5-4-7-30(32)37(42)43)35-20-31-33(44-3)9-6-10-34(31)46-35/h4-21H,22H2,1-3H3. The number of ether oxygens (including phenoxy) is 2. The van der Waals surface area contributed by atoms with Crippen LogP contribution in [0.15, 0.2) is 122 Å². The first-order chi connectivity index (χ1) is 22.4. The van der Waals surface area contributed by atoms with E-state index in [2.05, 4.69) is 25.6 Å². The van der Waals surface area contributed by atoms with Crippen LogP contribution >= 0.6 is 15.9 Å². The molecule has 3 aromatic heterocycles. The number of hydrogen-bond acceptors (Lipinski definition) is 6. The zero-order valence-corrected chi connectivity index (χ0v) is 27.0. The first-order valence-electron chi connectivity index (χ1n) is 14.7. The van der Waals surface area contributed by atoms with E-state index in [4.69, 9.17) is 18.9 Å². The van der Waals surface area contributed by atoms with E-state index in [0.29, 0.717) is 40.4 Å². The summed E-state index contributed by atoms with van der Waals surface area (Å²) in [6, 6.07) is 32.7. The van der Waals surface area contributed by atoms with Crippen molar-refractivity contribution >= 4 is 44.0 Å². The average molecular weight is 674 g/mol. The van der Waals surface area contributed by atoms with E-state index in [0.717, 1.165) is 43.8 Å². The van der Waals surface area contributed by atoms with E-state index in [1.807, 2.05) is 111 Å². The lowest BCUT2D eigenvalue weighted by Gasteiger charge is -2.12. The van der Waals surface area contributed by atoms with Gasteiger partial charge in [0.1, 0.15) is 23.7 Å². The third kappa shape index (κ3) is 5.50. The van der Waals surface area contributed by atoms with Gasteiger partial charge in [0, 0.05) is 27.1 Å². The van der Waals surface area contributed by atoms with Crippen LogP contribution in [0.2, 0.25) is 0 Å². The summed E-state index contributed by atoms with van der Waals surface area (Å²) >= 11 is 3.46. The number of methoxy groups -OCH3 is 1. The van der Waals surface area contributed by atoms with Crippen molar-refractivity contribution < 1.29 is 13.9 Å². The minimum atomic E-state index is -0.295. The van der Waals surface area contributed by atoms with Crippen molar-refractivity contribution in [1.82, 2.24) is 14.2 Å². The highest BCUT2D eigenvalue weighted by Crippen LogP contribution is 2.33. The third-order valence-corrected chi connectivity index (χ3v) is 8.44. The highest BCUT2D eigenvalue weighted by Gasteiger charge is 2.18. The fourth-order valence-corrected chi connectivity index (χ4v) is 5.85. The van der Waals surface area contributed by atoms with Gasteiger partial charge in [0.25, 0.3) is 5.56 Å². The van der Waals surface area contributed by atoms with Crippen LogP contribution in [0, 0.1) is 13.8 Å².